The molecule has 0 atom stereocenters. The Bertz CT molecular complexity index is 1010. The molecule has 1 spiro atoms. The number of hydrogen-bond donors (Lipinski definition) is 0. The van der Waals surface area contributed by atoms with E-state index >= 15 is 0 Å². The maximum Gasteiger partial charge on any atom is 0.253 e. The fraction of sp³-hybridized carbons (Fsp3) is 0.400. The van der Waals surface area contributed by atoms with E-state index in [0.717, 1.165) is 11.4 Å². The molecule has 2 aliphatic heterocycles. The zero-order valence-electron chi connectivity index (χ0n) is 19.1. The number of ether oxygens (including phenoxy) is 2. The Kier molecular flexibility index (Phi) is 8.26. The Labute approximate surface area is 209 Å². The lowest BCUT2D eigenvalue weighted by atomic mass is 10.0. The second-order valence-corrected chi connectivity index (χ2v) is 9.53. The number of amides is 1. The summed E-state index contributed by atoms with van der Waals surface area (Å²) in [5.41, 5.74) is 1.76. The lowest BCUT2D eigenvalue weighted by Gasteiger charge is -2.37. The molecule has 0 unspecified atom stereocenters. The molecule has 180 valence electrons. The number of benzene rings is 1. The van der Waals surface area contributed by atoms with Gasteiger partial charge in [-0.3, -0.25) is 4.79 Å². The predicted octanol–water partition coefficient (Wildman–Crippen LogP) is 4.58. The zero-order valence-corrected chi connectivity index (χ0v) is 20.7. The number of nitrogens with zero attached hydrogens (tertiary/aromatic N) is 4. The third kappa shape index (κ3) is 5.99. The normalized spacial score (nSPS) is 17.0. The monoisotopic (exact) mass is 500 g/mol. The van der Waals surface area contributed by atoms with E-state index in [0.29, 0.717) is 73.9 Å². The predicted molar refractivity (Wildman–Crippen MR) is 135 cm³/mol. The molecule has 2 aliphatic rings. The van der Waals surface area contributed by atoms with Crippen LogP contribution in [-0.4, -0.2) is 66.0 Å². The summed E-state index contributed by atoms with van der Waals surface area (Å²) in [4.78, 5) is 25.8. The van der Waals surface area contributed by atoms with Crippen LogP contribution in [0.2, 0.25) is 5.15 Å². The summed E-state index contributed by atoms with van der Waals surface area (Å²) in [6, 6.07) is 9.45. The van der Waals surface area contributed by atoms with E-state index in [1.807, 2.05) is 46.2 Å². The third-order valence-corrected chi connectivity index (χ3v) is 6.99. The third-order valence-electron chi connectivity index (χ3n) is 5.88. The zero-order chi connectivity index (χ0) is 24.0. The smallest absolute Gasteiger partial charge is 0.253 e. The van der Waals surface area contributed by atoms with E-state index < -0.39 is 5.79 Å². The second kappa shape index (κ2) is 11.4. The van der Waals surface area contributed by atoms with E-state index in [-0.39, 0.29) is 5.91 Å². The molecule has 0 aliphatic carbocycles. The van der Waals surface area contributed by atoms with Crippen molar-refractivity contribution >= 4 is 35.1 Å². The molecule has 7 nitrogen and oxygen atoms in total. The van der Waals surface area contributed by atoms with Gasteiger partial charge in [-0.2, -0.15) is 0 Å². The lowest BCUT2D eigenvalue weighted by Crippen LogP contribution is -2.47. The highest BCUT2D eigenvalue weighted by Crippen LogP contribution is 2.32. The Morgan fingerprint density at radius 1 is 1.12 bits per heavy atom. The largest absolute Gasteiger partial charge is 0.349 e. The molecule has 1 amide bonds. The van der Waals surface area contributed by atoms with Gasteiger partial charge in [-0.15, -0.1) is 13.2 Å². The maximum absolute atomic E-state index is 12.9. The number of piperidine rings is 1. The molecule has 34 heavy (non-hydrogen) atoms. The van der Waals surface area contributed by atoms with Gasteiger partial charge in [0, 0.05) is 56.4 Å². The average Bonchev–Trinajstić information content (AvgIpc) is 3.30. The summed E-state index contributed by atoms with van der Waals surface area (Å²) in [5.74, 6) is 0.964. The van der Waals surface area contributed by atoms with Gasteiger partial charge in [0.25, 0.3) is 5.91 Å². The van der Waals surface area contributed by atoms with E-state index in [1.165, 1.54) is 11.8 Å². The number of anilines is 1. The van der Waals surface area contributed by atoms with Crippen molar-refractivity contribution in [3.63, 3.8) is 0 Å². The van der Waals surface area contributed by atoms with Crippen molar-refractivity contribution in [2.24, 2.45) is 0 Å². The van der Waals surface area contributed by atoms with Gasteiger partial charge >= 0.3 is 0 Å². The van der Waals surface area contributed by atoms with Crippen LogP contribution in [0.25, 0.3) is 0 Å². The van der Waals surface area contributed by atoms with Crippen molar-refractivity contribution in [3.8, 4) is 0 Å². The second-order valence-electron chi connectivity index (χ2n) is 8.20. The number of carbonyl (C=O) groups excluding carboxylic acids is 1. The molecule has 3 heterocycles. The molecule has 4 rings (SSSR count). The Hall–Kier alpha value is -2.39. The highest BCUT2D eigenvalue weighted by atomic mass is 35.5. The molecule has 1 aromatic carbocycles. The van der Waals surface area contributed by atoms with Crippen molar-refractivity contribution in [1.29, 1.82) is 0 Å². The minimum absolute atomic E-state index is 0.0411. The van der Waals surface area contributed by atoms with Gasteiger partial charge in [-0.05, 0) is 17.7 Å². The Morgan fingerprint density at radius 3 is 2.38 bits per heavy atom. The molecule has 9 heteroatoms. The lowest BCUT2D eigenvalue weighted by molar-refractivity contribution is -0.181. The molecular formula is C25H29ClN4O3S. The minimum Gasteiger partial charge on any atom is -0.349 e. The van der Waals surface area contributed by atoms with E-state index in [2.05, 4.69) is 23.1 Å². The summed E-state index contributed by atoms with van der Waals surface area (Å²) in [5, 5.41) is 0.989. The SMILES string of the molecule is C=CCN(CC=C)c1cc(Cl)nc(SCc2ccc(C(=O)N3CCC4(CC3)OCCO4)cc2)n1. The molecule has 2 saturated heterocycles. The average molecular weight is 501 g/mol. The van der Waals surface area contributed by atoms with Crippen LogP contribution in [0.4, 0.5) is 5.82 Å². The van der Waals surface area contributed by atoms with Gasteiger partial charge in [-0.1, -0.05) is 47.6 Å². The van der Waals surface area contributed by atoms with Crippen molar-refractivity contribution in [2.75, 3.05) is 44.3 Å². The maximum atomic E-state index is 12.9. The number of halogens is 1. The number of carbonyl (C=O) groups is 1. The summed E-state index contributed by atoms with van der Waals surface area (Å²) in [6.07, 6.45) is 5.05. The van der Waals surface area contributed by atoms with Crippen LogP contribution < -0.4 is 4.90 Å². The summed E-state index contributed by atoms with van der Waals surface area (Å²) < 4.78 is 11.5. The first-order valence-electron chi connectivity index (χ1n) is 11.3. The van der Waals surface area contributed by atoms with Crippen LogP contribution in [0.5, 0.6) is 0 Å². The molecule has 2 aromatic rings. The fourth-order valence-corrected chi connectivity index (χ4v) is 5.13. The van der Waals surface area contributed by atoms with E-state index in [9.17, 15) is 4.79 Å². The van der Waals surface area contributed by atoms with Crippen molar-refractivity contribution in [2.45, 2.75) is 29.5 Å². The van der Waals surface area contributed by atoms with Crippen molar-refractivity contribution in [1.82, 2.24) is 14.9 Å². The first kappa shape index (κ1) is 24.7. The quantitative estimate of drug-likeness (QED) is 0.216. The van der Waals surface area contributed by atoms with Gasteiger partial charge in [0.2, 0.25) is 0 Å². The fourth-order valence-electron chi connectivity index (χ4n) is 4.10. The minimum atomic E-state index is -0.478. The number of thioether (sulfide) groups is 1. The molecule has 2 fully saturated rings. The molecule has 0 radical (unpaired) electrons. The van der Waals surface area contributed by atoms with Gasteiger partial charge in [0.15, 0.2) is 10.9 Å². The van der Waals surface area contributed by atoms with Gasteiger partial charge in [-0.25, -0.2) is 9.97 Å². The van der Waals surface area contributed by atoms with Crippen molar-refractivity contribution in [3.05, 3.63) is 71.9 Å². The molecular weight excluding hydrogens is 472 g/mol. The first-order chi connectivity index (χ1) is 16.5. The van der Waals surface area contributed by atoms with Gasteiger partial charge < -0.3 is 19.3 Å². The summed E-state index contributed by atoms with van der Waals surface area (Å²) >= 11 is 7.74. The number of rotatable bonds is 9. The van der Waals surface area contributed by atoms with E-state index in [4.69, 9.17) is 21.1 Å². The van der Waals surface area contributed by atoms with Crippen LogP contribution in [0.1, 0.15) is 28.8 Å². The molecule has 0 N–H and O–H groups in total. The highest BCUT2D eigenvalue weighted by Gasteiger charge is 2.40. The Morgan fingerprint density at radius 2 is 1.76 bits per heavy atom. The van der Waals surface area contributed by atoms with E-state index in [1.54, 1.807) is 6.07 Å². The number of likely N-dealkylation sites (tertiary alicyclic amines) is 1. The van der Waals surface area contributed by atoms with Crippen LogP contribution in [0.3, 0.4) is 0 Å². The standard InChI is InChI=1S/C25H29ClN4O3S/c1-3-11-29(12-4-2)22-17-21(26)27-24(28-22)34-18-19-5-7-20(8-6-19)23(31)30-13-9-25(10-14-30)32-15-16-33-25/h3-8,17H,1-2,9-16,18H2. The van der Waals surface area contributed by atoms with Crippen LogP contribution in [0, 0.1) is 0 Å². The Balaban J connectivity index is 1.34. The highest BCUT2D eigenvalue weighted by molar-refractivity contribution is 7.98. The van der Waals surface area contributed by atoms with Crippen molar-refractivity contribution < 1.29 is 14.3 Å². The van der Waals surface area contributed by atoms with Gasteiger partial charge in [0.05, 0.1) is 13.2 Å². The topological polar surface area (TPSA) is 67.8 Å². The number of aromatic nitrogens is 2. The summed E-state index contributed by atoms with van der Waals surface area (Å²) in [7, 11) is 0. The summed E-state index contributed by atoms with van der Waals surface area (Å²) in [6.45, 7) is 11.4. The molecule has 0 bridgehead atoms. The van der Waals surface area contributed by atoms with Gasteiger partial charge in [0.1, 0.15) is 11.0 Å². The number of hydrogen-bond acceptors (Lipinski definition) is 7. The molecule has 0 saturated carbocycles. The van der Waals surface area contributed by atoms with Crippen LogP contribution in [0.15, 0.2) is 60.8 Å². The molecule has 1 aromatic heterocycles. The van der Waals surface area contributed by atoms with Crippen LogP contribution >= 0.6 is 23.4 Å². The van der Waals surface area contributed by atoms with Crippen LogP contribution in [-0.2, 0) is 15.2 Å². The first-order valence-corrected chi connectivity index (χ1v) is 12.7.